The van der Waals surface area contributed by atoms with Gasteiger partial charge >= 0.3 is 5.97 Å². The average Bonchev–Trinajstić information content (AvgIpc) is 2.49. The molecule has 116 valence electrons. The number of carbonyl (C=O) groups is 1. The van der Waals surface area contributed by atoms with E-state index in [0.717, 1.165) is 17.5 Å². The normalized spacial score (nSPS) is 22.2. The van der Waals surface area contributed by atoms with Crippen LogP contribution in [0.4, 0.5) is 5.69 Å². The fourth-order valence-electron chi connectivity index (χ4n) is 3.44. The molecule has 0 spiro atoms. The van der Waals surface area contributed by atoms with E-state index in [2.05, 4.69) is 30.9 Å². The summed E-state index contributed by atoms with van der Waals surface area (Å²) in [5, 5.41) is 9.00. The third kappa shape index (κ3) is 4.48. The fourth-order valence-corrected chi connectivity index (χ4v) is 3.44. The molecule has 1 aliphatic carbocycles. The summed E-state index contributed by atoms with van der Waals surface area (Å²) in [5.41, 5.74) is 1.16. The van der Waals surface area contributed by atoms with Crippen molar-refractivity contribution in [1.29, 1.82) is 0 Å². The molecule has 1 aromatic carbocycles. The molecular weight excluding hydrogens is 262 g/mol. The van der Waals surface area contributed by atoms with Crippen molar-refractivity contribution in [2.45, 2.75) is 52.0 Å². The second-order valence-corrected chi connectivity index (χ2v) is 6.49. The van der Waals surface area contributed by atoms with Crippen LogP contribution < -0.4 is 4.90 Å². The molecule has 0 aliphatic heterocycles. The number of carboxylic acids is 1. The number of hydrogen-bond acceptors (Lipinski definition) is 2. The van der Waals surface area contributed by atoms with Gasteiger partial charge in [-0.2, -0.15) is 0 Å². The fraction of sp³-hybridized carbons (Fsp3) is 0.611. The van der Waals surface area contributed by atoms with Crippen LogP contribution in [-0.2, 0) is 4.79 Å². The lowest BCUT2D eigenvalue weighted by molar-refractivity contribution is -0.136. The maximum Gasteiger partial charge on any atom is 0.305 e. The summed E-state index contributed by atoms with van der Waals surface area (Å²) in [6.07, 6.45) is 5.09. The Kier molecular flexibility index (Phi) is 5.66. The Hall–Kier alpha value is -1.51. The molecule has 1 N–H and O–H groups in total. The largest absolute Gasteiger partial charge is 0.481 e. The van der Waals surface area contributed by atoms with E-state index in [1.165, 1.54) is 25.7 Å². The lowest BCUT2D eigenvalue weighted by Crippen LogP contribution is -2.40. The minimum absolute atomic E-state index is 0.207. The van der Waals surface area contributed by atoms with Crippen LogP contribution >= 0.6 is 0 Å². The number of aliphatic carboxylic acids is 1. The zero-order valence-corrected chi connectivity index (χ0v) is 13.2. The summed E-state index contributed by atoms with van der Waals surface area (Å²) < 4.78 is 0. The average molecular weight is 289 g/mol. The minimum Gasteiger partial charge on any atom is -0.481 e. The van der Waals surface area contributed by atoms with Gasteiger partial charge in [-0.1, -0.05) is 32.0 Å². The lowest BCUT2D eigenvalue weighted by Gasteiger charge is -2.39. The van der Waals surface area contributed by atoms with Crippen LogP contribution in [0, 0.1) is 11.8 Å². The Morgan fingerprint density at radius 2 is 1.81 bits per heavy atom. The van der Waals surface area contributed by atoms with Crippen molar-refractivity contribution in [3.63, 3.8) is 0 Å². The number of hydrogen-bond donors (Lipinski definition) is 1. The van der Waals surface area contributed by atoms with Gasteiger partial charge in [-0.25, -0.2) is 0 Å². The van der Waals surface area contributed by atoms with Gasteiger partial charge < -0.3 is 10.0 Å². The van der Waals surface area contributed by atoms with Gasteiger partial charge in [-0.15, -0.1) is 0 Å². The van der Waals surface area contributed by atoms with Gasteiger partial charge in [-0.05, 0) is 49.7 Å². The molecule has 0 radical (unpaired) electrons. The Morgan fingerprint density at radius 3 is 2.33 bits per heavy atom. The van der Waals surface area contributed by atoms with E-state index in [1.54, 1.807) is 0 Å². The SMILES string of the molecule is CC(C)C1CCC(N(CCC(=O)O)c2ccccc2)CC1. The van der Waals surface area contributed by atoms with Crippen LogP contribution in [0.5, 0.6) is 0 Å². The highest BCUT2D eigenvalue weighted by atomic mass is 16.4. The van der Waals surface area contributed by atoms with Gasteiger partial charge in [0.05, 0.1) is 6.42 Å². The van der Waals surface area contributed by atoms with Gasteiger partial charge in [0.1, 0.15) is 0 Å². The van der Waals surface area contributed by atoms with Crippen molar-refractivity contribution < 1.29 is 9.90 Å². The summed E-state index contributed by atoms with van der Waals surface area (Å²) >= 11 is 0. The molecular formula is C18H27NO2. The monoisotopic (exact) mass is 289 g/mol. The standard InChI is InChI=1S/C18H27NO2/c1-14(2)15-8-10-17(11-9-15)19(13-12-18(20)21)16-6-4-3-5-7-16/h3-7,14-15,17H,8-13H2,1-2H3,(H,20,21). The predicted molar refractivity (Wildman–Crippen MR) is 86.6 cm³/mol. The van der Waals surface area contributed by atoms with Crippen LogP contribution in [0.2, 0.25) is 0 Å². The van der Waals surface area contributed by atoms with Crippen molar-refractivity contribution >= 4 is 11.7 Å². The smallest absolute Gasteiger partial charge is 0.305 e. The molecule has 0 atom stereocenters. The Bertz CT molecular complexity index is 436. The van der Waals surface area contributed by atoms with Gasteiger partial charge in [0.25, 0.3) is 0 Å². The van der Waals surface area contributed by atoms with Gasteiger partial charge in [0.15, 0.2) is 0 Å². The highest BCUT2D eigenvalue weighted by Gasteiger charge is 2.27. The molecule has 1 aromatic rings. The third-order valence-electron chi connectivity index (χ3n) is 4.78. The number of nitrogens with zero attached hydrogens (tertiary/aromatic N) is 1. The summed E-state index contributed by atoms with van der Waals surface area (Å²) in [4.78, 5) is 13.2. The molecule has 1 aliphatic rings. The topological polar surface area (TPSA) is 40.5 Å². The quantitative estimate of drug-likeness (QED) is 0.854. The number of anilines is 1. The highest BCUT2D eigenvalue weighted by Crippen LogP contribution is 2.34. The number of rotatable bonds is 6. The molecule has 0 heterocycles. The molecule has 0 saturated heterocycles. The van der Waals surface area contributed by atoms with E-state index in [1.807, 2.05) is 18.2 Å². The number of benzene rings is 1. The van der Waals surface area contributed by atoms with E-state index in [4.69, 9.17) is 5.11 Å². The third-order valence-corrected chi connectivity index (χ3v) is 4.78. The van der Waals surface area contributed by atoms with E-state index in [-0.39, 0.29) is 6.42 Å². The molecule has 1 fully saturated rings. The summed E-state index contributed by atoms with van der Waals surface area (Å²) in [5.74, 6) is 0.875. The number of carboxylic acid groups (broad SMARTS) is 1. The van der Waals surface area contributed by atoms with E-state index >= 15 is 0 Å². The first-order valence-corrected chi connectivity index (χ1v) is 8.11. The van der Waals surface area contributed by atoms with Crippen LogP contribution in [-0.4, -0.2) is 23.7 Å². The van der Waals surface area contributed by atoms with Crippen molar-refractivity contribution in [2.24, 2.45) is 11.8 Å². The van der Waals surface area contributed by atoms with Crippen LogP contribution in [0.15, 0.2) is 30.3 Å². The number of para-hydroxylation sites is 1. The summed E-state index contributed by atoms with van der Waals surface area (Å²) in [6.45, 7) is 5.23. The van der Waals surface area contributed by atoms with Crippen molar-refractivity contribution in [3.05, 3.63) is 30.3 Å². The molecule has 1 saturated carbocycles. The van der Waals surface area contributed by atoms with Crippen LogP contribution in [0.25, 0.3) is 0 Å². The van der Waals surface area contributed by atoms with Crippen molar-refractivity contribution in [1.82, 2.24) is 0 Å². The molecule has 0 aromatic heterocycles. The summed E-state index contributed by atoms with van der Waals surface area (Å²) in [6, 6.07) is 10.7. The molecule has 0 bridgehead atoms. The molecule has 2 rings (SSSR count). The molecule has 21 heavy (non-hydrogen) atoms. The maximum absolute atomic E-state index is 10.9. The maximum atomic E-state index is 10.9. The second-order valence-electron chi connectivity index (χ2n) is 6.49. The van der Waals surface area contributed by atoms with Gasteiger partial charge in [0, 0.05) is 18.3 Å². The highest BCUT2D eigenvalue weighted by molar-refractivity contribution is 5.67. The molecule has 0 amide bonds. The second kappa shape index (κ2) is 7.48. The van der Waals surface area contributed by atoms with Crippen molar-refractivity contribution in [2.75, 3.05) is 11.4 Å². The molecule has 3 nitrogen and oxygen atoms in total. The van der Waals surface area contributed by atoms with Gasteiger partial charge in [0.2, 0.25) is 0 Å². The molecule has 3 heteroatoms. The predicted octanol–water partition coefficient (Wildman–Crippen LogP) is 4.18. The zero-order valence-electron chi connectivity index (χ0n) is 13.2. The first-order chi connectivity index (χ1) is 10.1. The van der Waals surface area contributed by atoms with Gasteiger partial charge in [-0.3, -0.25) is 4.79 Å². The Morgan fingerprint density at radius 1 is 1.19 bits per heavy atom. The Balaban J connectivity index is 2.04. The first kappa shape index (κ1) is 15.9. The van der Waals surface area contributed by atoms with Crippen LogP contribution in [0.3, 0.4) is 0 Å². The molecule has 0 unspecified atom stereocenters. The van der Waals surface area contributed by atoms with Crippen molar-refractivity contribution in [3.8, 4) is 0 Å². The van der Waals surface area contributed by atoms with E-state index in [9.17, 15) is 4.79 Å². The van der Waals surface area contributed by atoms with E-state index in [0.29, 0.717) is 12.6 Å². The Labute approximate surface area is 128 Å². The lowest BCUT2D eigenvalue weighted by atomic mass is 9.79. The zero-order chi connectivity index (χ0) is 15.2. The van der Waals surface area contributed by atoms with Crippen LogP contribution in [0.1, 0.15) is 46.0 Å². The minimum atomic E-state index is -0.716. The first-order valence-electron chi connectivity index (χ1n) is 8.11. The van der Waals surface area contributed by atoms with E-state index < -0.39 is 5.97 Å². The summed E-state index contributed by atoms with van der Waals surface area (Å²) in [7, 11) is 0.